The standard InChI is InChI=1S/C5H12NO/c1-2-3-5(7)4-6/h5-7H,2-4H2,1H3. The van der Waals surface area contributed by atoms with Crippen LogP contribution >= 0.6 is 0 Å². The molecule has 2 heteroatoms. The number of aliphatic hydroxyl groups is 1. The quantitative estimate of drug-likeness (QED) is 0.551. The predicted molar refractivity (Wildman–Crippen MR) is 28.9 cm³/mol. The Balaban J connectivity index is 2.83. The highest BCUT2D eigenvalue weighted by Crippen LogP contribution is 1.91. The Kier molecular flexibility index (Phi) is 4.04. The van der Waals surface area contributed by atoms with E-state index >= 15 is 0 Å². The minimum atomic E-state index is -0.384. The van der Waals surface area contributed by atoms with Gasteiger partial charge in [0.05, 0.1) is 6.10 Å². The number of aliphatic hydroxyl groups excluding tert-OH is 1. The van der Waals surface area contributed by atoms with Gasteiger partial charge in [0.1, 0.15) is 0 Å². The van der Waals surface area contributed by atoms with Gasteiger partial charge in [-0.05, 0) is 6.42 Å². The van der Waals surface area contributed by atoms with Crippen molar-refractivity contribution >= 4 is 0 Å². The van der Waals surface area contributed by atoms with Crippen molar-refractivity contribution in [3.8, 4) is 0 Å². The second-order valence-corrected chi connectivity index (χ2v) is 1.65. The molecule has 0 aromatic heterocycles. The van der Waals surface area contributed by atoms with Crippen LogP contribution in [-0.4, -0.2) is 17.8 Å². The van der Waals surface area contributed by atoms with E-state index in [1.54, 1.807) is 0 Å². The zero-order valence-electron chi connectivity index (χ0n) is 4.65. The van der Waals surface area contributed by atoms with E-state index in [0.29, 0.717) is 0 Å². The summed E-state index contributed by atoms with van der Waals surface area (Å²) in [6, 6.07) is 0. The number of nitrogens with one attached hydrogen (secondary N) is 1. The molecule has 0 fully saturated rings. The second-order valence-electron chi connectivity index (χ2n) is 1.65. The fraction of sp³-hybridized carbons (Fsp3) is 1.00. The minimum Gasteiger partial charge on any atom is -0.392 e. The van der Waals surface area contributed by atoms with Crippen molar-refractivity contribution in [1.29, 1.82) is 0 Å². The first-order chi connectivity index (χ1) is 3.31. The van der Waals surface area contributed by atoms with Gasteiger partial charge in [-0.25, -0.2) is 0 Å². The maximum atomic E-state index is 8.67. The third-order valence-corrected chi connectivity index (χ3v) is 0.858. The Labute approximate surface area is 44.3 Å². The van der Waals surface area contributed by atoms with Gasteiger partial charge in [0.15, 0.2) is 0 Å². The van der Waals surface area contributed by atoms with Gasteiger partial charge in [-0.2, -0.15) is 0 Å². The lowest BCUT2D eigenvalue weighted by atomic mass is 10.2. The third-order valence-electron chi connectivity index (χ3n) is 0.858. The van der Waals surface area contributed by atoms with Gasteiger partial charge in [-0.1, -0.05) is 13.3 Å². The van der Waals surface area contributed by atoms with E-state index in [-0.39, 0.29) is 12.6 Å². The molecule has 0 aromatic rings. The molecule has 0 amide bonds. The van der Waals surface area contributed by atoms with Gasteiger partial charge in [0, 0.05) is 6.54 Å². The highest BCUT2D eigenvalue weighted by molar-refractivity contribution is 4.51. The largest absolute Gasteiger partial charge is 0.392 e. The lowest BCUT2D eigenvalue weighted by Crippen LogP contribution is -2.11. The van der Waals surface area contributed by atoms with Crippen LogP contribution in [0.25, 0.3) is 0 Å². The molecule has 7 heavy (non-hydrogen) atoms. The summed E-state index contributed by atoms with van der Waals surface area (Å²) in [6.45, 7) is 2.15. The van der Waals surface area contributed by atoms with Crippen molar-refractivity contribution in [2.75, 3.05) is 6.54 Å². The van der Waals surface area contributed by atoms with Crippen LogP contribution in [0.4, 0.5) is 0 Å². The monoisotopic (exact) mass is 102 g/mol. The number of rotatable bonds is 3. The van der Waals surface area contributed by atoms with Crippen LogP contribution < -0.4 is 5.73 Å². The van der Waals surface area contributed by atoms with Crippen molar-refractivity contribution in [3.63, 3.8) is 0 Å². The fourth-order valence-electron chi connectivity index (χ4n) is 0.435. The van der Waals surface area contributed by atoms with Crippen LogP contribution in [0.5, 0.6) is 0 Å². The molecule has 0 aliphatic rings. The second kappa shape index (κ2) is 4.09. The lowest BCUT2D eigenvalue weighted by molar-refractivity contribution is 0.170. The fourth-order valence-corrected chi connectivity index (χ4v) is 0.435. The van der Waals surface area contributed by atoms with Crippen molar-refractivity contribution in [2.24, 2.45) is 0 Å². The van der Waals surface area contributed by atoms with E-state index in [4.69, 9.17) is 10.8 Å². The molecule has 1 unspecified atom stereocenters. The molecular formula is C5H12NO. The van der Waals surface area contributed by atoms with Crippen molar-refractivity contribution in [3.05, 3.63) is 0 Å². The Bertz CT molecular complexity index is 39.1. The van der Waals surface area contributed by atoms with Gasteiger partial charge in [0.25, 0.3) is 0 Å². The first-order valence-corrected chi connectivity index (χ1v) is 2.64. The molecule has 0 heterocycles. The first-order valence-electron chi connectivity index (χ1n) is 2.64. The highest BCUT2D eigenvalue weighted by Gasteiger charge is 1.95. The maximum Gasteiger partial charge on any atom is 0.0678 e. The van der Waals surface area contributed by atoms with Crippen LogP contribution in [-0.2, 0) is 0 Å². The SMILES string of the molecule is CCCC(O)C[NH]. The molecule has 0 saturated heterocycles. The van der Waals surface area contributed by atoms with Crippen molar-refractivity contribution in [1.82, 2.24) is 5.73 Å². The molecule has 0 saturated carbocycles. The third kappa shape index (κ3) is 3.76. The summed E-state index contributed by atoms with van der Waals surface area (Å²) < 4.78 is 0. The van der Waals surface area contributed by atoms with Crippen molar-refractivity contribution < 1.29 is 5.11 Å². The number of hydrogen-bond donors (Lipinski definition) is 1. The summed E-state index contributed by atoms with van der Waals surface area (Å²) in [4.78, 5) is 0. The molecule has 0 rings (SSSR count). The van der Waals surface area contributed by atoms with Gasteiger partial charge in [0.2, 0.25) is 0 Å². The summed E-state index contributed by atoms with van der Waals surface area (Å²) in [5.41, 5.74) is 6.66. The van der Waals surface area contributed by atoms with Crippen molar-refractivity contribution in [2.45, 2.75) is 25.9 Å². The van der Waals surface area contributed by atoms with Crippen LogP contribution in [0.15, 0.2) is 0 Å². The van der Waals surface area contributed by atoms with Gasteiger partial charge in [-0.3, -0.25) is 5.73 Å². The lowest BCUT2D eigenvalue weighted by Gasteiger charge is -2.01. The molecule has 2 N–H and O–H groups in total. The first kappa shape index (κ1) is 6.92. The molecule has 0 bridgehead atoms. The Morgan fingerprint density at radius 1 is 1.71 bits per heavy atom. The zero-order chi connectivity index (χ0) is 5.70. The smallest absolute Gasteiger partial charge is 0.0678 e. The average molecular weight is 102 g/mol. The molecule has 0 aliphatic heterocycles. The zero-order valence-corrected chi connectivity index (χ0v) is 4.65. The van der Waals surface area contributed by atoms with E-state index in [9.17, 15) is 0 Å². The van der Waals surface area contributed by atoms with Crippen LogP contribution in [0, 0.1) is 0 Å². The molecule has 1 atom stereocenters. The predicted octanol–water partition coefficient (Wildman–Crippen LogP) is 0.430. The molecule has 2 nitrogen and oxygen atoms in total. The van der Waals surface area contributed by atoms with Gasteiger partial charge in [-0.15, -0.1) is 0 Å². The summed E-state index contributed by atoms with van der Waals surface area (Å²) in [6.07, 6.45) is 1.36. The number of hydrogen-bond acceptors (Lipinski definition) is 1. The van der Waals surface area contributed by atoms with E-state index in [1.165, 1.54) is 0 Å². The van der Waals surface area contributed by atoms with E-state index in [2.05, 4.69) is 0 Å². The Morgan fingerprint density at radius 2 is 2.29 bits per heavy atom. The van der Waals surface area contributed by atoms with E-state index < -0.39 is 0 Å². The van der Waals surface area contributed by atoms with Crippen LogP contribution in [0.2, 0.25) is 0 Å². The Morgan fingerprint density at radius 3 is 2.43 bits per heavy atom. The average Bonchev–Trinajstić information content (AvgIpc) is 1.68. The molecule has 43 valence electrons. The highest BCUT2D eigenvalue weighted by atomic mass is 16.3. The topological polar surface area (TPSA) is 44.0 Å². The normalized spacial score (nSPS) is 14.1. The molecular weight excluding hydrogens is 90.1 g/mol. The molecule has 0 aliphatic carbocycles. The van der Waals surface area contributed by atoms with Crippen LogP contribution in [0.3, 0.4) is 0 Å². The summed E-state index contributed by atoms with van der Waals surface area (Å²) in [5.74, 6) is 0. The summed E-state index contributed by atoms with van der Waals surface area (Å²) in [7, 11) is 0. The van der Waals surface area contributed by atoms with E-state index in [0.717, 1.165) is 12.8 Å². The maximum absolute atomic E-state index is 8.67. The van der Waals surface area contributed by atoms with Gasteiger partial charge >= 0.3 is 0 Å². The minimum absolute atomic E-state index is 0.147. The van der Waals surface area contributed by atoms with Gasteiger partial charge < -0.3 is 5.11 Å². The molecule has 0 spiro atoms. The van der Waals surface area contributed by atoms with E-state index in [1.807, 2.05) is 6.92 Å². The molecule has 0 aromatic carbocycles. The summed E-state index contributed by atoms with van der Waals surface area (Å²) >= 11 is 0. The summed E-state index contributed by atoms with van der Waals surface area (Å²) in [5, 5.41) is 8.67. The van der Waals surface area contributed by atoms with Crippen LogP contribution in [0.1, 0.15) is 19.8 Å². The Hall–Kier alpha value is -0.0800. The molecule has 1 radical (unpaired) electrons.